The Labute approximate surface area is 161 Å². The zero-order valence-corrected chi connectivity index (χ0v) is 16.2. The molecule has 0 aromatic heterocycles. The van der Waals surface area contributed by atoms with Crippen molar-refractivity contribution < 1.29 is 31.1 Å². The molecule has 0 bridgehead atoms. The van der Waals surface area contributed by atoms with Crippen molar-refractivity contribution in [3.63, 3.8) is 0 Å². The highest BCUT2D eigenvalue weighted by molar-refractivity contribution is 7.91. The van der Waals surface area contributed by atoms with Crippen molar-refractivity contribution in [2.45, 2.75) is 17.6 Å². The molecule has 1 amide bonds. The van der Waals surface area contributed by atoms with E-state index < -0.39 is 27.5 Å². The van der Waals surface area contributed by atoms with E-state index in [4.69, 9.17) is 4.74 Å². The number of sulfone groups is 1. The van der Waals surface area contributed by atoms with Gasteiger partial charge in [-0.3, -0.25) is 4.79 Å². The van der Waals surface area contributed by atoms with Gasteiger partial charge in [0, 0.05) is 26.3 Å². The maximum absolute atomic E-state index is 13.1. The van der Waals surface area contributed by atoms with E-state index in [0.29, 0.717) is 0 Å². The molecular formula is C19H20F3NO4S. The molecule has 2 aromatic rings. The average molecular weight is 415 g/mol. The number of alkyl halides is 3. The van der Waals surface area contributed by atoms with Gasteiger partial charge in [0.15, 0.2) is 9.84 Å². The Morgan fingerprint density at radius 3 is 2.25 bits per heavy atom. The van der Waals surface area contributed by atoms with Crippen LogP contribution in [0.5, 0.6) is 0 Å². The Balaban J connectivity index is 2.17. The van der Waals surface area contributed by atoms with Crippen LogP contribution < -0.4 is 0 Å². The summed E-state index contributed by atoms with van der Waals surface area (Å²) < 4.78 is 68.3. The molecule has 152 valence electrons. The first kappa shape index (κ1) is 21.9. The maximum atomic E-state index is 13.1. The van der Waals surface area contributed by atoms with Crippen molar-refractivity contribution in [2.75, 3.05) is 26.5 Å². The van der Waals surface area contributed by atoms with E-state index in [-0.39, 0.29) is 34.9 Å². The number of hydrogen-bond donors (Lipinski definition) is 0. The molecule has 0 N–H and O–H groups in total. The number of carbonyl (C=O) groups is 1. The molecule has 0 heterocycles. The molecule has 0 aliphatic rings. The second-order valence-electron chi connectivity index (χ2n) is 6.15. The quantitative estimate of drug-likeness (QED) is 0.695. The number of rotatable bonds is 7. The number of ether oxygens (including phenoxy) is 1. The van der Waals surface area contributed by atoms with Crippen molar-refractivity contribution >= 4 is 15.7 Å². The largest absolute Gasteiger partial charge is 0.416 e. The number of hydrogen-bond acceptors (Lipinski definition) is 4. The van der Waals surface area contributed by atoms with E-state index in [2.05, 4.69) is 0 Å². The fraction of sp³-hybridized carbons (Fsp3) is 0.316. The van der Waals surface area contributed by atoms with Crippen LogP contribution in [0.4, 0.5) is 13.2 Å². The van der Waals surface area contributed by atoms with Crippen LogP contribution >= 0.6 is 0 Å². The van der Waals surface area contributed by atoms with E-state index in [1.807, 2.05) is 0 Å². The standard InChI is InChI=1S/C19H20F3NO4S/c1-23(13-15-5-3-4-6-17(15)19(20,21)22)18(24)14-7-9-16(10-8-14)28(25,26)12-11-27-2/h3-10H,11-13H2,1-2H3. The molecule has 0 aliphatic carbocycles. The summed E-state index contributed by atoms with van der Waals surface area (Å²) in [7, 11) is -0.750. The highest BCUT2D eigenvalue weighted by atomic mass is 32.2. The first-order chi connectivity index (χ1) is 13.1. The van der Waals surface area contributed by atoms with Gasteiger partial charge < -0.3 is 9.64 Å². The molecule has 9 heteroatoms. The van der Waals surface area contributed by atoms with Gasteiger partial charge in [0.05, 0.1) is 22.8 Å². The SMILES string of the molecule is COCCS(=O)(=O)c1ccc(C(=O)N(C)Cc2ccccc2C(F)(F)F)cc1. The van der Waals surface area contributed by atoms with Crippen LogP contribution in [0, 0.1) is 0 Å². The molecular weight excluding hydrogens is 395 g/mol. The lowest BCUT2D eigenvalue weighted by atomic mass is 10.1. The monoisotopic (exact) mass is 415 g/mol. The van der Waals surface area contributed by atoms with E-state index >= 15 is 0 Å². The highest BCUT2D eigenvalue weighted by Crippen LogP contribution is 2.32. The van der Waals surface area contributed by atoms with E-state index in [1.54, 1.807) is 0 Å². The van der Waals surface area contributed by atoms with Crippen LogP contribution in [0.2, 0.25) is 0 Å². The Morgan fingerprint density at radius 2 is 1.68 bits per heavy atom. The van der Waals surface area contributed by atoms with Crippen LogP contribution in [0.15, 0.2) is 53.4 Å². The Bertz CT molecular complexity index is 925. The van der Waals surface area contributed by atoms with Gasteiger partial charge in [-0.25, -0.2) is 8.42 Å². The normalized spacial score (nSPS) is 12.0. The van der Waals surface area contributed by atoms with Gasteiger partial charge in [-0.15, -0.1) is 0 Å². The summed E-state index contributed by atoms with van der Waals surface area (Å²) in [5, 5.41) is 0. The van der Waals surface area contributed by atoms with E-state index in [1.165, 1.54) is 56.6 Å². The van der Waals surface area contributed by atoms with Crippen molar-refractivity contribution in [2.24, 2.45) is 0 Å². The molecule has 0 saturated heterocycles. The number of benzene rings is 2. The number of amides is 1. The Morgan fingerprint density at radius 1 is 1.07 bits per heavy atom. The van der Waals surface area contributed by atoms with Crippen LogP contribution in [-0.4, -0.2) is 45.7 Å². The minimum atomic E-state index is -4.52. The molecule has 5 nitrogen and oxygen atoms in total. The van der Waals surface area contributed by atoms with Crippen LogP contribution in [-0.2, 0) is 27.3 Å². The fourth-order valence-corrected chi connectivity index (χ4v) is 3.77. The smallest absolute Gasteiger partial charge is 0.384 e. The summed E-state index contributed by atoms with van der Waals surface area (Å²) in [6, 6.07) is 10.3. The summed E-state index contributed by atoms with van der Waals surface area (Å²) in [4.78, 5) is 13.7. The molecule has 0 unspecified atom stereocenters. The number of methoxy groups -OCH3 is 1. The van der Waals surface area contributed by atoms with Crippen molar-refractivity contribution in [3.05, 3.63) is 65.2 Å². The molecule has 2 aromatic carbocycles. The third-order valence-electron chi connectivity index (χ3n) is 4.09. The van der Waals surface area contributed by atoms with Gasteiger partial charge in [-0.05, 0) is 35.9 Å². The lowest BCUT2D eigenvalue weighted by molar-refractivity contribution is -0.138. The van der Waals surface area contributed by atoms with Crippen LogP contribution in [0.3, 0.4) is 0 Å². The van der Waals surface area contributed by atoms with Gasteiger partial charge >= 0.3 is 6.18 Å². The van der Waals surface area contributed by atoms with Gasteiger partial charge in [-0.2, -0.15) is 13.2 Å². The maximum Gasteiger partial charge on any atom is 0.416 e. The zero-order valence-electron chi connectivity index (χ0n) is 15.4. The number of carbonyl (C=O) groups excluding carboxylic acids is 1. The Kier molecular flexibility index (Phi) is 6.84. The summed E-state index contributed by atoms with van der Waals surface area (Å²) in [5.74, 6) is -0.705. The first-order valence-electron chi connectivity index (χ1n) is 8.28. The molecule has 0 saturated carbocycles. The summed E-state index contributed by atoms with van der Waals surface area (Å²) in [6.45, 7) is -0.188. The predicted octanol–water partition coefficient (Wildman–Crippen LogP) is 3.40. The fourth-order valence-electron chi connectivity index (χ4n) is 2.60. The summed E-state index contributed by atoms with van der Waals surface area (Å²) >= 11 is 0. The molecule has 0 spiro atoms. The van der Waals surface area contributed by atoms with E-state index in [0.717, 1.165) is 11.0 Å². The van der Waals surface area contributed by atoms with Crippen LogP contribution in [0.1, 0.15) is 21.5 Å². The van der Waals surface area contributed by atoms with Crippen LogP contribution in [0.25, 0.3) is 0 Å². The molecule has 0 radical (unpaired) electrons. The number of halogens is 3. The molecule has 0 aliphatic heterocycles. The second kappa shape index (κ2) is 8.74. The summed E-state index contributed by atoms with van der Waals surface area (Å²) in [6.07, 6.45) is -4.52. The lowest BCUT2D eigenvalue weighted by Crippen LogP contribution is -2.27. The number of nitrogens with zero attached hydrogens (tertiary/aromatic N) is 1. The molecule has 28 heavy (non-hydrogen) atoms. The third-order valence-corrected chi connectivity index (χ3v) is 5.79. The minimum absolute atomic E-state index is 0.0235. The second-order valence-corrected chi connectivity index (χ2v) is 8.26. The predicted molar refractivity (Wildman–Crippen MR) is 97.6 cm³/mol. The first-order valence-corrected chi connectivity index (χ1v) is 9.94. The molecule has 0 atom stereocenters. The van der Waals surface area contributed by atoms with Gasteiger partial charge in [-0.1, -0.05) is 18.2 Å². The summed E-state index contributed by atoms with van der Waals surface area (Å²) in [5.41, 5.74) is -0.642. The van der Waals surface area contributed by atoms with Crippen molar-refractivity contribution in [1.82, 2.24) is 4.90 Å². The molecule has 2 rings (SSSR count). The highest BCUT2D eigenvalue weighted by Gasteiger charge is 2.33. The average Bonchev–Trinajstić information content (AvgIpc) is 2.65. The Hall–Kier alpha value is -2.39. The van der Waals surface area contributed by atoms with Gasteiger partial charge in [0.25, 0.3) is 5.91 Å². The minimum Gasteiger partial charge on any atom is -0.384 e. The van der Waals surface area contributed by atoms with Gasteiger partial charge in [0.2, 0.25) is 0 Å². The third kappa shape index (κ3) is 5.32. The zero-order chi connectivity index (χ0) is 20.9. The molecule has 0 fully saturated rings. The van der Waals surface area contributed by atoms with Gasteiger partial charge in [0.1, 0.15) is 0 Å². The lowest BCUT2D eigenvalue weighted by Gasteiger charge is -2.20. The topological polar surface area (TPSA) is 63.7 Å². The van der Waals surface area contributed by atoms with Crippen molar-refractivity contribution in [1.29, 1.82) is 0 Å². The van der Waals surface area contributed by atoms with Crippen molar-refractivity contribution in [3.8, 4) is 0 Å². The van der Waals surface area contributed by atoms with E-state index in [9.17, 15) is 26.4 Å².